The lowest BCUT2D eigenvalue weighted by Crippen LogP contribution is -2.51. The van der Waals surface area contributed by atoms with E-state index in [4.69, 9.17) is 16.3 Å². The van der Waals surface area contributed by atoms with Gasteiger partial charge >= 0.3 is 0 Å². The Kier molecular flexibility index (Phi) is 9.74. The average molecular weight is 493 g/mol. The van der Waals surface area contributed by atoms with Crippen molar-refractivity contribution in [2.75, 3.05) is 13.2 Å². The second kappa shape index (κ2) is 13.0. The molecule has 0 heterocycles. The molecule has 1 N–H and O–H groups in total. The second-order valence-electron chi connectivity index (χ2n) is 8.67. The van der Waals surface area contributed by atoms with Crippen molar-refractivity contribution in [2.24, 2.45) is 0 Å². The minimum Gasteiger partial charge on any atom is -0.483 e. The molecule has 0 aliphatic carbocycles. The van der Waals surface area contributed by atoms with Crippen LogP contribution in [0.2, 0.25) is 5.02 Å². The SMILES string of the molecule is CCCNC(=O)[C@@H](Cc1ccccc1)N(Cc1ccccc1Cl)C(=O)COc1cc(C)ccc1C. The predicted octanol–water partition coefficient (Wildman–Crippen LogP) is 5.50. The molecule has 3 rings (SSSR count). The minimum absolute atomic E-state index is 0.179. The summed E-state index contributed by atoms with van der Waals surface area (Å²) < 4.78 is 5.93. The summed E-state index contributed by atoms with van der Waals surface area (Å²) in [4.78, 5) is 28.5. The molecule has 2 amide bonds. The van der Waals surface area contributed by atoms with Crippen LogP contribution in [0.25, 0.3) is 0 Å². The molecule has 35 heavy (non-hydrogen) atoms. The van der Waals surface area contributed by atoms with E-state index < -0.39 is 6.04 Å². The topological polar surface area (TPSA) is 58.6 Å². The molecule has 0 aromatic heterocycles. The van der Waals surface area contributed by atoms with Crippen LogP contribution in [0.15, 0.2) is 72.8 Å². The van der Waals surface area contributed by atoms with Crippen LogP contribution < -0.4 is 10.1 Å². The van der Waals surface area contributed by atoms with Gasteiger partial charge in [-0.2, -0.15) is 0 Å². The standard InChI is InChI=1S/C29H33ClN2O3/c1-4-16-31-29(34)26(18-23-10-6-5-7-11-23)32(19-24-12-8-9-13-25(24)30)28(33)20-35-27-17-21(2)14-15-22(27)3/h5-15,17,26H,4,16,18-20H2,1-3H3,(H,31,34)/t26-/m1/s1. The maximum absolute atomic E-state index is 13.6. The highest BCUT2D eigenvalue weighted by atomic mass is 35.5. The van der Waals surface area contributed by atoms with Crippen LogP contribution in [-0.4, -0.2) is 35.9 Å². The van der Waals surface area contributed by atoms with Crippen molar-refractivity contribution in [3.63, 3.8) is 0 Å². The lowest BCUT2D eigenvalue weighted by molar-refractivity contribution is -0.142. The summed E-state index contributed by atoms with van der Waals surface area (Å²) in [6.07, 6.45) is 1.19. The minimum atomic E-state index is -0.713. The van der Waals surface area contributed by atoms with Crippen molar-refractivity contribution in [1.29, 1.82) is 0 Å². The highest BCUT2D eigenvalue weighted by Gasteiger charge is 2.31. The molecule has 0 unspecified atom stereocenters. The van der Waals surface area contributed by atoms with Crippen LogP contribution in [-0.2, 0) is 22.6 Å². The molecule has 0 aliphatic heterocycles. The van der Waals surface area contributed by atoms with Crippen LogP contribution in [0.1, 0.15) is 35.6 Å². The van der Waals surface area contributed by atoms with Gasteiger partial charge in [-0.1, -0.05) is 79.2 Å². The Morgan fingerprint density at radius 1 is 1.00 bits per heavy atom. The van der Waals surface area contributed by atoms with Crippen LogP contribution in [0.3, 0.4) is 0 Å². The lowest BCUT2D eigenvalue weighted by atomic mass is 10.0. The van der Waals surface area contributed by atoms with E-state index in [1.165, 1.54) is 0 Å². The quantitative estimate of drug-likeness (QED) is 0.384. The summed E-state index contributed by atoms with van der Waals surface area (Å²) in [5.74, 6) is 0.187. The number of halogens is 1. The van der Waals surface area contributed by atoms with Crippen molar-refractivity contribution in [2.45, 2.75) is 46.2 Å². The molecule has 0 aliphatic rings. The zero-order chi connectivity index (χ0) is 25.2. The number of amides is 2. The molecule has 1 atom stereocenters. The van der Waals surface area contributed by atoms with Crippen molar-refractivity contribution < 1.29 is 14.3 Å². The van der Waals surface area contributed by atoms with Gasteiger partial charge in [0.05, 0.1) is 0 Å². The van der Waals surface area contributed by atoms with Gasteiger partial charge in [0, 0.05) is 24.5 Å². The number of nitrogens with zero attached hydrogens (tertiary/aromatic N) is 1. The summed E-state index contributed by atoms with van der Waals surface area (Å²) in [6, 6.07) is 22.3. The second-order valence-corrected chi connectivity index (χ2v) is 9.07. The zero-order valence-corrected chi connectivity index (χ0v) is 21.3. The third-order valence-corrected chi connectivity index (χ3v) is 6.18. The Labute approximate surface area is 213 Å². The molecule has 0 radical (unpaired) electrons. The molecule has 3 aromatic carbocycles. The van der Waals surface area contributed by atoms with Crippen LogP contribution in [0.4, 0.5) is 0 Å². The average Bonchev–Trinajstić information content (AvgIpc) is 2.86. The van der Waals surface area contributed by atoms with Gasteiger partial charge in [-0.05, 0) is 54.7 Å². The Balaban J connectivity index is 1.92. The normalized spacial score (nSPS) is 11.5. The van der Waals surface area contributed by atoms with E-state index in [9.17, 15) is 9.59 Å². The monoisotopic (exact) mass is 492 g/mol. The van der Waals surface area contributed by atoms with Gasteiger partial charge in [0.15, 0.2) is 6.61 Å². The first kappa shape index (κ1) is 26.3. The van der Waals surface area contributed by atoms with E-state index in [1.807, 2.05) is 87.5 Å². The molecule has 0 saturated heterocycles. The fraction of sp³-hybridized carbons (Fsp3) is 0.310. The molecule has 0 spiro atoms. The molecule has 5 nitrogen and oxygen atoms in total. The van der Waals surface area contributed by atoms with Gasteiger partial charge in [0.25, 0.3) is 5.91 Å². The molecule has 6 heteroatoms. The molecular formula is C29H33ClN2O3. The van der Waals surface area contributed by atoms with E-state index in [-0.39, 0.29) is 25.0 Å². The third kappa shape index (κ3) is 7.59. The van der Waals surface area contributed by atoms with E-state index >= 15 is 0 Å². The molecule has 0 bridgehead atoms. The van der Waals surface area contributed by atoms with Gasteiger partial charge in [0.2, 0.25) is 5.91 Å². The molecular weight excluding hydrogens is 460 g/mol. The number of hydrogen-bond donors (Lipinski definition) is 1. The molecule has 184 valence electrons. The number of carbonyl (C=O) groups excluding carboxylic acids is 2. The van der Waals surface area contributed by atoms with Crippen molar-refractivity contribution >= 4 is 23.4 Å². The Morgan fingerprint density at radius 2 is 1.71 bits per heavy atom. The summed E-state index contributed by atoms with van der Waals surface area (Å²) >= 11 is 6.44. The van der Waals surface area contributed by atoms with Crippen LogP contribution >= 0.6 is 11.6 Å². The van der Waals surface area contributed by atoms with Crippen molar-refractivity contribution in [3.05, 3.63) is 100 Å². The molecule has 0 fully saturated rings. The number of carbonyl (C=O) groups is 2. The van der Waals surface area contributed by atoms with Crippen LogP contribution in [0, 0.1) is 13.8 Å². The van der Waals surface area contributed by atoms with Gasteiger partial charge < -0.3 is 15.0 Å². The van der Waals surface area contributed by atoms with Gasteiger partial charge in [-0.25, -0.2) is 0 Å². The van der Waals surface area contributed by atoms with Crippen molar-refractivity contribution in [1.82, 2.24) is 10.2 Å². The van der Waals surface area contributed by atoms with Crippen molar-refractivity contribution in [3.8, 4) is 5.75 Å². The smallest absolute Gasteiger partial charge is 0.261 e. The van der Waals surface area contributed by atoms with E-state index in [0.29, 0.717) is 23.7 Å². The predicted molar refractivity (Wildman–Crippen MR) is 141 cm³/mol. The summed E-state index contributed by atoms with van der Waals surface area (Å²) in [5, 5.41) is 3.52. The van der Waals surface area contributed by atoms with Crippen LogP contribution in [0.5, 0.6) is 5.75 Å². The van der Waals surface area contributed by atoms with Gasteiger partial charge in [0.1, 0.15) is 11.8 Å². The fourth-order valence-corrected chi connectivity index (χ4v) is 4.01. The lowest BCUT2D eigenvalue weighted by Gasteiger charge is -2.31. The summed E-state index contributed by atoms with van der Waals surface area (Å²) in [5.41, 5.74) is 3.74. The van der Waals surface area contributed by atoms with E-state index in [0.717, 1.165) is 28.7 Å². The number of aryl methyl sites for hydroxylation is 2. The molecule has 0 saturated carbocycles. The number of ether oxygens (including phenoxy) is 1. The summed E-state index contributed by atoms with van der Waals surface area (Å²) in [7, 11) is 0. The van der Waals surface area contributed by atoms with Gasteiger partial charge in [-0.15, -0.1) is 0 Å². The Hall–Kier alpha value is -3.31. The van der Waals surface area contributed by atoms with E-state index in [1.54, 1.807) is 11.0 Å². The third-order valence-electron chi connectivity index (χ3n) is 5.81. The Morgan fingerprint density at radius 3 is 2.43 bits per heavy atom. The largest absolute Gasteiger partial charge is 0.483 e. The number of rotatable bonds is 11. The maximum Gasteiger partial charge on any atom is 0.261 e. The van der Waals surface area contributed by atoms with E-state index in [2.05, 4.69) is 5.32 Å². The first-order chi connectivity index (χ1) is 16.9. The first-order valence-corrected chi connectivity index (χ1v) is 12.3. The Bertz CT molecular complexity index is 1130. The number of hydrogen-bond acceptors (Lipinski definition) is 3. The first-order valence-electron chi connectivity index (χ1n) is 11.9. The summed E-state index contributed by atoms with van der Waals surface area (Å²) in [6.45, 7) is 6.48. The number of nitrogens with one attached hydrogen (secondary N) is 1. The highest BCUT2D eigenvalue weighted by Crippen LogP contribution is 2.22. The maximum atomic E-state index is 13.6. The fourth-order valence-electron chi connectivity index (χ4n) is 3.82. The van der Waals surface area contributed by atoms with Gasteiger partial charge in [-0.3, -0.25) is 9.59 Å². The highest BCUT2D eigenvalue weighted by molar-refractivity contribution is 6.31. The zero-order valence-electron chi connectivity index (χ0n) is 20.6. The number of benzene rings is 3. The molecule has 3 aromatic rings.